The Kier molecular flexibility index (Phi) is 7.60. The van der Waals surface area contributed by atoms with E-state index in [0.29, 0.717) is 13.1 Å². The minimum Gasteiger partial charge on any atom is -0.355 e. The zero-order chi connectivity index (χ0) is 20.0. The number of rotatable bonds is 7. The first-order valence-electron chi connectivity index (χ1n) is 9.19. The van der Waals surface area contributed by atoms with Gasteiger partial charge in [-0.2, -0.15) is 0 Å². The molecule has 0 aliphatic carbocycles. The van der Waals surface area contributed by atoms with Gasteiger partial charge in [-0.1, -0.05) is 46.3 Å². The van der Waals surface area contributed by atoms with Gasteiger partial charge in [0.15, 0.2) is 0 Å². The Bertz CT molecular complexity index is 802. The lowest BCUT2D eigenvalue weighted by molar-refractivity contribution is -0.140. The molecule has 0 spiro atoms. The van der Waals surface area contributed by atoms with E-state index in [1.54, 1.807) is 11.8 Å². The minimum absolute atomic E-state index is 0.0556. The number of carbonyl (C=O) groups excluding carboxylic acids is 2. The van der Waals surface area contributed by atoms with Crippen molar-refractivity contribution in [2.75, 3.05) is 6.54 Å². The van der Waals surface area contributed by atoms with E-state index in [4.69, 9.17) is 0 Å². The van der Waals surface area contributed by atoms with Crippen molar-refractivity contribution < 1.29 is 9.59 Å². The summed E-state index contributed by atoms with van der Waals surface area (Å²) in [5, 5.41) is 2.82. The Balaban J connectivity index is 2.23. The Morgan fingerprint density at radius 3 is 2.26 bits per heavy atom. The lowest BCUT2D eigenvalue weighted by Gasteiger charge is -2.29. The number of nitrogens with zero attached hydrogens (tertiary/aromatic N) is 1. The molecule has 5 heteroatoms. The maximum absolute atomic E-state index is 13.1. The van der Waals surface area contributed by atoms with Crippen LogP contribution in [-0.4, -0.2) is 29.3 Å². The van der Waals surface area contributed by atoms with Gasteiger partial charge >= 0.3 is 0 Å². The standard InChI is InChI=1S/C22H27BrN2O2/c1-5-24-22(27)17(4)25(14-18-8-10-20(23)11-9-18)21(26)13-19-7-6-15(2)16(3)12-19/h6-12,17H,5,13-14H2,1-4H3,(H,24,27). The molecule has 0 radical (unpaired) electrons. The van der Waals surface area contributed by atoms with E-state index in [1.165, 1.54) is 5.56 Å². The predicted octanol–water partition coefficient (Wildman–Crippen LogP) is 4.16. The van der Waals surface area contributed by atoms with Crippen molar-refractivity contribution >= 4 is 27.7 Å². The van der Waals surface area contributed by atoms with E-state index in [-0.39, 0.29) is 18.2 Å². The number of aryl methyl sites for hydroxylation is 2. The van der Waals surface area contributed by atoms with Crippen molar-refractivity contribution in [2.24, 2.45) is 0 Å². The fourth-order valence-electron chi connectivity index (χ4n) is 2.88. The second-order valence-electron chi connectivity index (χ2n) is 6.81. The summed E-state index contributed by atoms with van der Waals surface area (Å²) in [6, 6.07) is 13.3. The second-order valence-corrected chi connectivity index (χ2v) is 7.73. The van der Waals surface area contributed by atoms with Gasteiger partial charge < -0.3 is 10.2 Å². The Morgan fingerprint density at radius 1 is 1.04 bits per heavy atom. The Hall–Kier alpha value is -2.14. The molecule has 0 aromatic heterocycles. The summed E-state index contributed by atoms with van der Waals surface area (Å²) in [7, 11) is 0. The number of benzene rings is 2. The van der Waals surface area contributed by atoms with Crippen LogP contribution in [0.4, 0.5) is 0 Å². The first kappa shape index (κ1) is 21.2. The topological polar surface area (TPSA) is 49.4 Å². The number of nitrogens with one attached hydrogen (secondary N) is 1. The maximum atomic E-state index is 13.1. The van der Waals surface area contributed by atoms with E-state index >= 15 is 0 Å². The lowest BCUT2D eigenvalue weighted by atomic mass is 10.0. The van der Waals surface area contributed by atoms with Crippen LogP contribution < -0.4 is 5.32 Å². The predicted molar refractivity (Wildman–Crippen MR) is 112 cm³/mol. The van der Waals surface area contributed by atoms with Crippen LogP contribution in [0.1, 0.15) is 36.1 Å². The lowest BCUT2D eigenvalue weighted by Crippen LogP contribution is -2.48. The number of carbonyl (C=O) groups is 2. The minimum atomic E-state index is -0.535. The average Bonchev–Trinajstić information content (AvgIpc) is 2.64. The Morgan fingerprint density at radius 2 is 1.67 bits per heavy atom. The number of hydrogen-bond acceptors (Lipinski definition) is 2. The molecule has 4 nitrogen and oxygen atoms in total. The van der Waals surface area contributed by atoms with E-state index in [9.17, 15) is 9.59 Å². The number of likely N-dealkylation sites (N-methyl/N-ethyl adjacent to an activating group) is 1. The highest BCUT2D eigenvalue weighted by atomic mass is 79.9. The van der Waals surface area contributed by atoms with Crippen molar-refractivity contribution in [1.82, 2.24) is 10.2 Å². The maximum Gasteiger partial charge on any atom is 0.242 e. The highest BCUT2D eigenvalue weighted by Crippen LogP contribution is 2.17. The zero-order valence-electron chi connectivity index (χ0n) is 16.4. The van der Waals surface area contributed by atoms with Gasteiger partial charge in [0.1, 0.15) is 6.04 Å². The summed E-state index contributed by atoms with van der Waals surface area (Å²) in [6.45, 7) is 8.69. The molecular weight excluding hydrogens is 404 g/mol. The van der Waals surface area contributed by atoms with Gasteiger partial charge in [0, 0.05) is 17.6 Å². The summed E-state index contributed by atoms with van der Waals surface area (Å²) in [5.74, 6) is -0.192. The van der Waals surface area contributed by atoms with Gasteiger partial charge in [0.05, 0.1) is 6.42 Å². The Labute approximate surface area is 170 Å². The summed E-state index contributed by atoms with van der Waals surface area (Å²) in [4.78, 5) is 27.1. The van der Waals surface area contributed by atoms with Crippen molar-refractivity contribution in [1.29, 1.82) is 0 Å². The molecule has 0 heterocycles. The third-order valence-corrected chi connectivity index (χ3v) is 5.24. The smallest absolute Gasteiger partial charge is 0.242 e. The fraction of sp³-hybridized carbons (Fsp3) is 0.364. The SMILES string of the molecule is CCNC(=O)C(C)N(Cc1ccc(Br)cc1)C(=O)Cc1ccc(C)c(C)c1. The molecule has 144 valence electrons. The van der Waals surface area contributed by atoms with Crippen LogP contribution in [0, 0.1) is 13.8 Å². The third kappa shape index (κ3) is 5.93. The van der Waals surface area contributed by atoms with Crippen LogP contribution in [-0.2, 0) is 22.6 Å². The van der Waals surface area contributed by atoms with Gasteiger partial charge in [-0.3, -0.25) is 9.59 Å². The van der Waals surface area contributed by atoms with E-state index in [0.717, 1.165) is 21.2 Å². The molecule has 2 aromatic rings. The van der Waals surface area contributed by atoms with Gasteiger partial charge in [-0.15, -0.1) is 0 Å². The van der Waals surface area contributed by atoms with Crippen LogP contribution in [0.2, 0.25) is 0 Å². The van der Waals surface area contributed by atoms with E-state index in [2.05, 4.69) is 28.2 Å². The summed E-state index contributed by atoms with van der Waals surface area (Å²) < 4.78 is 0.982. The van der Waals surface area contributed by atoms with Gasteiger partial charge in [0.25, 0.3) is 0 Å². The van der Waals surface area contributed by atoms with Crippen LogP contribution in [0.5, 0.6) is 0 Å². The number of halogens is 1. The molecular formula is C22H27BrN2O2. The molecule has 1 atom stereocenters. The molecule has 0 saturated carbocycles. The van der Waals surface area contributed by atoms with Gasteiger partial charge in [0.2, 0.25) is 11.8 Å². The summed E-state index contributed by atoms with van der Waals surface area (Å²) in [6.07, 6.45) is 0.279. The van der Waals surface area contributed by atoms with E-state index < -0.39 is 6.04 Å². The summed E-state index contributed by atoms with van der Waals surface area (Å²) in [5.41, 5.74) is 4.32. The molecule has 27 heavy (non-hydrogen) atoms. The van der Waals surface area contributed by atoms with Crippen LogP contribution in [0.15, 0.2) is 46.9 Å². The normalized spacial score (nSPS) is 11.7. The molecule has 0 aliphatic heterocycles. The summed E-state index contributed by atoms with van der Waals surface area (Å²) >= 11 is 3.43. The highest BCUT2D eigenvalue weighted by Gasteiger charge is 2.25. The quantitative estimate of drug-likeness (QED) is 0.716. The zero-order valence-corrected chi connectivity index (χ0v) is 18.0. The fourth-order valence-corrected chi connectivity index (χ4v) is 3.15. The molecule has 2 rings (SSSR count). The first-order chi connectivity index (χ1) is 12.8. The first-order valence-corrected chi connectivity index (χ1v) is 9.99. The molecule has 2 amide bonds. The van der Waals surface area contributed by atoms with Gasteiger partial charge in [-0.05, 0) is 62.1 Å². The van der Waals surface area contributed by atoms with Crippen LogP contribution >= 0.6 is 15.9 Å². The van der Waals surface area contributed by atoms with Gasteiger partial charge in [-0.25, -0.2) is 0 Å². The van der Waals surface area contributed by atoms with Crippen LogP contribution in [0.3, 0.4) is 0 Å². The molecule has 1 unspecified atom stereocenters. The molecule has 0 fully saturated rings. The van der Waals surface area contributed by atoms with E-state index in [1.807, 2.05) is 56.3 Å². The largest absolute Gasteiger partial charge is 0.355 e. The number of hydrogen-bond donors (Lipinski definition) is 1. The third-order valence-electron chi connectivity index (χ3n) is 4.71. The molecule has 0 aliphatic rings. The van der Waals surface area contributed by atoms with Crippen LogP contribution in [0.25, 0.3) is 0 Å². The molecule has 1 N–H and O–H groups in total. The molecule has 2 aromatic carbocycles. The number of amides is 2. The van der Waals surface area contributed by atoms with Crippen molar-refractivity contribution in [3.63, 3.8) is 0 Å². The van der Waals surface area contributed by atoms with Crippen molar-refractivity contribution in [3.8, 4) is 0 Å². The van der Waals surface area contributed by atoms with Crippen molar-refractivity contribution in [3.05, 3.63) is 69.2 Å². The average molecular weight is 431 g/mol. The molecule has 0 saturated heterocycles. The highest BCUT2D eigenvalue weighted by molar-refractivity contribution is 9.10. The molecule has 0 bridgehead atoms. The monoisotopic (exact) mass is 430 g/mol. The van der Waals surface area contributed by atoms with Crippen molar-refractivity contribution in [2.45, 2.75) is 46.7 Å². The second kappa shape index (κ2) is 9.70.